The van der Waals surface area contributed by atoms with E-state index >= 15 is 0 Å². The van der Waals surface area contributed by atoms with E-state index in [1.165, 1.54) is 12.1 Å². The van der Waals surface area contributed by atoms with Crippen molar-refractivity contribution in [2.24, 2.45) is 0 Å². The summed E-state index contributed by atoms with van der Waals surface area (Å²) < 4.78 is 20.8. The van der Waals surface area contributed by atoms with Crippen LogP contribution >= 0.6 is 0 Å². The summed E-state index contributed by atoms with van der Waals surface area (Å²) in [5, 5.41) is 0. The zero-order valence-corrected chi connectivity index (χ0v) is 16.0. The molecule has 1 amide bonds. The molecule has 1 saturated heterocycles. The number of carbonyl (C=O) groups is 1. The summed E-state index contributed by atoms with van der Waals surface area (Å²) in [6.45, 7) is 4.22. The van der Waals surface area contributed by atoms with Crippen LogP contribution in [0, 0.1) is 5.82 Å². The van der Waals surface area contributed by atoms with Crippen LogP contribution in [-0.4, -0.2) is 46.0 Å². The molecular weight excluding hydrogens is 357 g/mol. The van der Waals surface area contributed by atoms with E-state index in [1.807, 2.05) is 33.8 Å². The third-order valence-electron chi connectivity index (χ3n) is 5.06. The molecule has 0 radical (unpaired) electrons. The van der Waals surface area contributed by atoms with Crippen molar-refractivity contribution in [2.75, 3.05) is 19.7 Å². The number of amides is 1. The number of pyridine rings is 1. The first-order valence-corrected chi connectivity index (χ1v) is 9.79. The van der Waals surface area contributed by atoms with Crippen LogP contribution in [0.1, 0.15) is 36.5 Å². The van der Waals surface area contributed by atoms with Crippen molar-refractivity contribution in [3.8, 4) is 11.3 Å². The standard InChI is InChI=1S/C22H24FN3O2/c1-2-12-28-19-4-3-11-25(14-19)22(27)17-7-10-21-24-20(15-26(21)13-17)16-5-8-18(23)9-6-16/h5-10,13,15,19H,2-4,11-12,14H2,1H3/t19-/m0/s1. The molecule has 5 nitrogen and oxygen atoms in total. The normalized spacial score (nSPS) is 17.2. The maximum absolute atomic E-state index is 13.1. The monoisotopic (exact) mass is 381 g/mol. The van der Waals surface area contributed by atoms with Crippen molar-refractivity contribution in [1.82, 2.24) is 14.3 Å². The Balaban J connectivity index is 1.54. The first-order valence-electron chi connectivity index (χ1n) is 9.79. The maximum Gasteiger partial charge on any atom is 0.255 e. The van der Waals surface area contributed by atoms with E-state index in [9.17, 15) is 9.18 Å². The number of hydrogen-bond donors (Lipinski definition) is 0. The lowest BCUT2D eigenvalue weighted by atomic mass is 10.1. The molecule has 2 aromatic heterocycles. The second-order valence-corrected chi connectivity index (χ2v) is 7.20. The molecule has 4 rings (SSSR count). The van der Waals surface area contributed by atoms with Crippen LogP contribution in [0.15, 0.2) is 48.8 Å². The number of likely N-dealkylation sites (tertiary alicyclic amines) is 1. The summed E-state index contributed by atoms with van der Waals surface area (Å²) in [4.78, 5) is 19.4. The Morgan fingerprint density at radius 2 is 2.04 bits per heavy atom. The van der Waals surface area contributed by atoms with Gasteiger partial charge in [0.15, 0.2) is 0 Å². The summed E-state index contributed by atoms with van der Waals surface area (Å²) in [6, 6.07) is 9.90. The van der Waals surface area contributed by atoms with Gasteiger partial charge in [0, 0.05) is 37.7 Å². The van der Waals surface area contributed by atoms with Gasteiger partial charge in [-0.2, -0.15) is 0 Å². The summed E-state index contributed by atoms with van der Waals surface area (Å²) >= 11 is 0. The summed E-state index contributed by atoms with van der Waals surface area (Å²) in [5.41, 5.74) is 2.96. The average Bonchev–Trinajstić information content (AvgIpc) is 3.15. The predicted octanol–water partition coefficient (Wildman–Crippen LogP) is 4.17. The average molecular weight is 381 g/mol. The van der Waals surface area contributed by atoms with E-state index in [-0.39, 0.29) is 17.8 Å². The highest BCUT2D eigenvalue weighted by atomic mass is 19.1. The lowest BCUT2D eigenvalue weighted by Crippen LogP contribution is -2.43. The third-order valence-corrected chi connectivity index (χ3v) is 5.06. The number of hydrogen-bond acceptors (Lipinski definition) is 3. The number of fused-ring (bicyclic) bond motifs is 1. The second-order valence-electron chi connectivity index (χ2n) is 7.20. The van der Waals surface area contributed by atoms with Crippen LogP contribution in [0.5, 0.6) is 0 Å². The highest BCUT2D eigenvalue weighted by Crippen LogP contribution is 2.21. The number of piperidine rings is 1. The maximum atomic E-state index is 13.1. The molecule has 1 fully saturated rings. The lowest BCUT2D eigenvalue weighted by Gasteiger charge is -2.32. The molecule has 1 atom stereocenters. The number of nitrogens with zero attached hydrogens (tertiary/aromatic N) is 3. The number of benzene rings is 1. The van der Waals surface area contributed by atoms with Crippen molar-refractivity contribution < 1.29 is 13.9 Å². The lowest BCUT2D eigenvalue weighted by molar-refractivity contribution is 0.00209. The minimum atomic E-state index is -0.275. The molecule has 0 unspecified atom stereocenters. The number of carbonyl (C=O) groups excluding carboxylic acids is 1. The highest BCUT2D eigenvalue weighted by Gasteiger charge is 2.25. The SMILES string of the molecule is CCCO[C@H]1CCCN(C(=O)c2ccc3nc(-c4ccc(F)cc4)cn3c2)C1. The fourth-order valence-electron chi connectivity index (χ4n) is 3.60. The molecule has 1 aliphatic rings. The van der Waals surface area contributed by atoms with Crippen molar-refractivity contribution in [1.29, 1.82) is 0 Å². The molecular formula is C22H24FN3O2. The van der Waals surface area contributed by atoms with E-state index < -0.39 is 0 Å². The van der Waals surface area contributed by atoms with Crippen molar-refractivity contribution in [2.45, 2.75) is 32.3 Å². The Kier molecular flexibility index (Phi) is 5.39. The number of rotatable bonds is 5. The van der Waals surface area contributed by atoms with Crippen LogP contribution in [0.2, 0.25) is 0 Å². The van der Waals surface area contributed by atoms with Crippen molar-refractivity contribution in [3.63, 3.8) is 0 Å². The van der Waals surface area contributed by atoms with E-state index in [1.54, 1.807) is 12.1 Å². The fourth-order valence-corrected chi connectivity index (χ4v) is 3.60. The molecule has 1 aliphatic heterocycles. The van der Waals surface area contributed by atoms with Gasteiger partial charge in [-0.25, -0.2) is 9.37 Å². The molecule has 0 bridgehead atoms. The van der Waals surface area contributed by atoms with Crippen molar-refractivity contribution >= 4 is 11.6 Å². The first-order chi connectivity index (χ1) is 13.6. The van der Waals surface area contributed by atoms with Gasteiger partial charge in [-0.05, 0) is 55.7 Å². The van der Waals surface area contributed by atoms with Gasteiger partial charge >= 0.3 is 0 Å². The van der Waals surface area contributed by atoms with Gasteiger partial charge < -0.3 is 14.0 Å². The third kappa shape index (κ3) is 3.92. The Bertz CT molecular complexity index is 968. The summed E-state index contributed by atoms with van der Waals surface area (Å²) in [7, 11) is 0. The highest BCUT2D eigenvalue weighted by molar-refractivity contribution is 5.94. The Labute approximate surface area is 163 Å². The first kappa shape index (κ1) is 18.6. The minimum absolute atomic E-state index is 0.0173. The zero-order chi connectivity index (χ0) is 19.5. The quantitative estimate of drug-likeness (QED) is 0.666. The smallest absolute Gasteiger partial charge is 0.255 e. The van der Waals surface area contributed by atoms with Crippen LogP contribution < -0.4 is 0 Å². The van der Waals surface area contributed by atoms with E-state index in [4.69, 9.17) is 4.74 Å². The largest absolute Gasteiger partial charge is 0.376 e. The van der Waals surface area contributed by atoms with E-state index in [2.05, 4.69) is 11.9 Å². The molecule has 3 heterocycles. The summed E-state index contributed by atoms with van der Waals surface area (Å²) in [6.07, 6.45) is 6.75. The van der Waals surface area contributed by atoms with Crippen LogP contribution in [0.3, 0.4) is 0 Å². The van der Waals surface area contributed by atoms with Crippen molar-refractivity contribution in [3.05, 3.63) is 60.2 Å². The molecule has 146 valence electrons. The van der Waals surface area contributed by atoms with E-state index in [0.29, 0.717) is 12.1 Å². The predicted molar refractivity (Wildman–Crippen MR) is 106 cm³/mol. The molecule has 0 saturated carbocycles. The summed E-state index contributed by atoms with van der Waals surface area (Å²) in [5.74, 6) is -0.258. The Hall–Kier alpha value is -2.73. The number of halogens is 1. The molecule has 0 aliphatic carbocycles. The fraction of sp³-hybridized carbons (Fsp3) is 0.364. The van der Waals surface area contributed by atoms with Gasteiger partial charge in [-0.1, -0.05) is 6.92 Å². The topological polar surface area (TPSA) is 46.8 Å². The number of imidazole rings is 1. The number of aromatic nitrogens is 2. The zero-order valence-electron chi connectivity index (χ0n) is 16.0. The van der Waals surface area contributed by atoms with Gasteiger partial charge in [0.05, 0.1) is 17.4 Å². The van der Waals surface area contributed by atoms with Gasteiger partial charge in [0.25, 0.3) is 5.91 Å². The second kappa shape index (κ2) is 8.10. The van der Waals surface area contributed by atoms with Gasteiger partial charge in [0.2, 0.25) is 0 Å². The molecule has 6 heteroatoms. The van der Waals surface area contributed by atoms with Gasteiger partial charge in [0.1, 0.15) is 11.5 Å². The number of ether oxygens (including phenoxy) is 1. The Morgan fingerprint density at radius 3 is 2.82 bits per heavy atom. The van der Waals surface area contributed by atoms with E-state index in [0.717, 1.165) is 49.3 Å². The molecule has 1 aromatic carbocycles. The van der Waals surface area contributed by atoms with Crippen LogP contribution in [0.25, 0.3) is 16.9 Å². The van der Waals surface area contributed by atoms with Crippen LogP contribution in [0.4, 0.5) is 4.39 Å². The molecule has 3 aromatic rings. The molecule has 28 heavy (non-hydrogen) atoms. The molecule has 0 N–H and O–H groups in total. The molecule has 0 spiro atoms. The van der Waals surface area contributed by atoms with Gasteiger partial charge in [-0.15, -0.1) is 0 Å². The Morgan fingerprint density at radius 1 is 1.21 bits per heavy atom. The minimum Gasteiger partial charge on any atom is -0.376 e. The van der Waals surface area contributed by atoms with Gasteiger partial charge in [-0.3, -0.25) is 4.79 Å². The van der Waals surface area contributed by atoms with Crippen LogP contribution in [-0.2, 0) is 4.74 Å².